The molecule has 10 heterocycles. The number of rotatable bonds is 4. The molecule has 1 spiro atoms. The standard InChI is InChI=1S/2C8H11O.Co/c2*1-7(2)9-8-5-3-4-6-8;/h2*3-7H,1-2H3;. The van der Waals surface area contributed by atoms with Crippen LogP contribution in [0.5, 0.6) is 0 Å². The van der Waals surface area contributed by atoms with Gasteiger partial charge in [-0.2, -0.15) is 0 Å². The maximum atomic E-state index is 6.85. The van der Waals surface area contributed by atoms with Crippen LogP contribution < -0.4 is 0 Å². The van der Waals surface area contributed by atoms with Crippen LogP contribution in [0.15, 0.2) is 0 Å². The van der Waals surface area contributed by atoms with Gasteiger partial charge >= 0.3 is 104 Å². The van der Waals surface area contributed by atoms with Crippen molar-refractivity contribution in [1.82, 2.24) is 0 Å². The Balaban J connectivity index is 1.47. The Morgan fingerprint density at radius 2 is 1.00 bits per heavy atom. The minimum absolute atomic E-state index is 0.453. The molecule has 10 fully saturated rings. The molecule has 0 aromatic carbocycles. The van der Waals surface area contributed by atoms with E-state index in [0.29, 0.717) is 21.3 Å². The first-order chi connectivity index (χ1) is 8.76. The van der Waals surface area contributed by atoms with Crippen LogP contribution in [0, 0.1) is 0 Å². The van der Waals surface area contributed by atoms with Crippen molar-refractivity contribution in [1.29, 1.82) is 0 Å². The van der Waals surface area contributed by atoms with Crippen molar-refractivity contribution in [2.24, 2.45) is 0 Å². The maximum absolute atomic E-state index is 6.85. The molecule has 0 aliphatic carbocycles. The van der Waals surface area contributed by atoms with Crippen molar-refractivity contribution < 1.29 is 15.8 Å². The molecule has 19 heavy (non-hydrogen) atoms. The molecule has 107 valence electrons. The third-order valence-electron chi connectivity index (χ3n) is 14.6. The van der Waals surface area contributed by atoms with Crippen LogP contribution in [0.3, 0.4) is 0 Å². The summed E-state index contributed by atoms with van der Waals surface area (Å²) in [6.45, 7) is 9.12. The second-order valence-electron chi connectivity index (χ2n) is 11.5. The van der Waals surface area contributed by atoms with Gasteiger partial charge in [0.1, 0.15) is 0 Å². The number of hydrogen-bond donors (Lipinski definition) is 0. The summed E-state index contributed by atoms with van der Waals surface area (Å²) in [4.78, 5) is 9.63. The zero-order valence-electron chi connectivity index (χ0n) is 11.9. The Morgan fingerprint density at radius 3 is 1.21 bits per heavy atom. The van der Waals surface area contributed by atoms with E-state index in [1.165, 1.54) is 19.4 Å². The molecular formula is C16H22CoO2. The van der Waals surface area contributed by atoms with Gasteiger partial charge in [0.05, 0.1) is 0 Å². The monoisotopic (exact) mass is 305 g/mol. The van der Waals surface area contributed by atoms with E-state index >= 15 is 0 Å². The molecule has 3 heteroatoms. The van der Waals surface area contributed by atoms with Gasteiger partial charge in [-0.3, -0.25) is 0 Å². The molecule has 0 N–H and O–H groups in total. The van der Waals surface area contributed by atoms with Crippen LogP contribution in [0.4, 0.5) is 0 Å². The molecule has 8 unspecified atom stereocenters. The van der Waals surface area contributed by atoms with Gasteiger partial charge in [-0.1, -0.05) is 0 Å². The predicted molar refractivity (Wildman–Crippen MR) is 67.9 cm³/mol. The molecule has 10 rings (SSSR count). The van der Waals surface area contributed by atoms with Gasteiger partial charge in [0.2, 0.25) is 0 Å². The second kappa shape index (κ2) is 0.700. The van der Waals surface area contributed by atoms with Crippen molar-refractivity contribution >= 4 is 0 Å². The average molecular weight is 305 g/mol. The van der Waals surface area contributed by atoms with Crippen molar-refractivity contribution in [3.05, 3.63) is 0 Å². The van der Waals surface area contributed by atoms with Gasteiger partial charge < -0.3 is 0 Å². The average Bonchev–Trinajstić information content (AvgIpc) is 3.22. The molecule has 0 amide bonds. The molecule has 8 atom stereocenters. The van der Waals surface area contributed by atoms with E-state index in [0.717, 1.165) is 19.4 Å². The fourth-order valence-corrected chi connectivity index (χ4v) is 83.6. The Hall–Kier alpha value is 0.426. The molecule has 0 radical (unpaired) electrons. The SMILES string of the molecule is CC(C)O[C]12[CH]3[CH]4[CH]5[CH]1[Co]45321678[CH]2[CH]1[CH]6[C]7(OC(C)C)[CH]28. The van der Waals surface area contributed by atoms with Crippen molar-refractivity contribution in [2.45, 2.75) is 87.8 Å². The summed E-state index contributed by atoms with van der Waals surface area (Å²) in [5, 5.41) is 0. The first-order valence-corrected chi connectivity index (χ1v) is 14.1. The summed E-state index contributed by atoms with van der Waals surface area (Å²) in [6, 6.07) is 0. The zero-order valence-corrected chi connectivity index (χ0v) is 13.0. The zero-order chi connectivity index (χ0) is 12.5. The predicted octanol–water partition coefficient (Wildman–Crippen LogP) is 4.04. The van der Waals surface area contributed by atoms with Gasteiger partial charge in [-0.15, -0.1) is 0 Å². The summed E-state index contributed by atoms with van der Waals surface area (Å²) in [7, 11) is 0. The minimum atomic E-state index is -3.25. The topological polar surface area (TPSA) is 18.5 Å². The molecule has 2 nitrogen and oxygen atoms in total. The van der Waals surface area contributed by atoms with Crippen LogP contribution in [0.1, 0.15) is 27.7 Å². The van der Waals surface area contributed by atoms with Crippen molar-refractivity contribution in [3.63, 3.8) is 0 Å². The Morgan fingerprint density at radius 1 is 0.684 bits per heavy atom. The summed E-state index contributed by atoms with van der Waals surface area (Å²) < 4.78 is 14.8. The number of fused-ring (bicyclic) bond motifs is 10. The van der Waals surface area contributed by atoms with E-state index in [2.05, 4.69) is 27.7 Å². The molecule has 0 bridgehead atoms. The molecule has 10 aliphatic rings. The van der Waals surface area contributed by atoms with Crippen LogP contribution in [-0.2, 0) is 15.8 Å². The first-order valence-electron chi connectivity index (χ1n) is 8.22. The second-order valence-corrected chi connectivity index (χ2v) is 33.3. The third kappa shape index (κ3) is 0.0889. The van der Waals surface area contributed by atoms with Crippen LogP contribution in [0.2, 0.25) is 38.8 Å². The van der Waals surface area contributed by atoms with E-state index in [1.54, 1.807) is 0 Å². The molecule has 0 aromatic heterocycles. The fourth-order valence-electron chi connectivity index (χ4n) is 16.4. The van der Waals surface area contributed by atoms with Crippen LogP contribution in [-0.4, -0.2) is 21.3 Å². The van der Waals surface area contributed by atoms with Crippen LogP contribution in [0.25, 0.3) is 0 Å². The quantitative estimate of drug-likeness (QED) is 0.780. The van der Waals surface area contributed by atoms with Crippen molar-refractivity contribution in [2.75, 3.05) is 0 Å². The Kier molecular flexibility index (Phi) is 0.301. The summed E-state index contributed by atoms with van der Waals surface area (Å²) in [5.41, 5.74) is 0. The Bertz CT molecular complexity index is 944. The van der Waals surface area contributed by atoms with Gasteiger partial charge in [-0.25, -0.2) is 0 Å². The van der Waals surface area contributed by atoms with E-state index in [-0.39, 0.29) is 0 Å². The van der Waals surface area contributed by atoms with Gasteiger partial charge in [0.15, 0.2) is 0 Å². The summed E-state index contributed by atoms with van der Waals surface area (Å²) in [6.07, 6.45) is -2.35. The van der Waals surface area contributed by atoms with Crippen molar-refractivity contribution in [3.8, 4) is 0 Å². The molecule has 0 aromatic rings. The fraction of sp³-hybridized carbons (Fsp3) is 1.00. The number of hydrogen-bond acceptors (Lipinski definition) is 2. The van der Waals surface area contributed by atoms with Gasteiger partial charge in [-0.05, 0) is 0 Å². The summed E-state index contributed by atoms with van der Waals surface area (Å²) >= 11 is 0. The van der Waals surface area contributed by atoms with Crippen LogP contribution >= 0.6 is 0 Å². The molecular weight excluding hydrogens is 283 g/mol. The summed E-state index contributed by atoms with van der Waals surface area (Å²) in [5.74, 6) is 0. The van der Waals surface area contributed by atoms with E-state index in [4.69, 9.17) is 9.47 Å². The normalized spacial score (nSPS) is 113. The van der Waals surface area contributed by atoms with E-state index in [9.17, 15) is 0 Å². The Labute approximate surface area is 104 Å². The van der Waals surface area contributed by atoms with E-state index < -0.39 is 6.37 Å². The molecule has 10 aliphatic heterocycles. The molecule has 10 saturated heterocycles. The number of ether oxygens (including phenoxy) is 2. The van der Waals surface area contributed by atoms with Gasteiger partial charge in [0.25, 0.3) is 0 Å². The third-order valence-corrected chi connectivity index (χ3v) is 54.0. The van der Waals surface area contributed by atoms with E-state index in [1.807, 2.05) is 0 Å². The molecule has 0 saturated carbocycles. The first kappa shape index (κ1) is 8.16. The van der Waals surface area contributed by atoms with Gasteiger partial charge in [0, 0.05) is 0 Å².